The van der Waals surface area contributed by atoms with Gasteiger partial charge in [0, 0.05) is 0 Å². The Morgan fingerprint density at radius 3 is 1.55 bits per heavy atom. The van der Waals surface area contributed by atoms with Crippen molar-refractivity contribution in [1.82, 2.24) is 0 Å². The van der Waals surface area contributed by atoms with Gasteiger partial charge in [0.2, 0.25) is 0 Å². The first-order chi connectivity index (χ1) is 9.20. The van der Waals surface area contributed by atoms with Crippen LogP contribution in [0, 0.1) is 0 Å². The van der Waals surface area contributed by atoms with E-state index in [9.17, 15) is 0 Å². The molecular formula is C15H38O2Si3. The lowest BCUT2D eigenvalue weighted by molar-refractivity contribution is 0.397. The molecule has 20 heavy (non-hydrogen) atoms. The van der Waals surface area contributed by atoms with Gasteiger partial charge in [-0.05, 0) is 44.8 Å². The van der Waals surface area contributed by atoms with Crippen molar-refractivity contribution in [2.24, 2.45) is 0 Å². The summed E-state index contributed by atoms with van der Waals surface area (Å²) in [7, 11) is -4.43. The Labute approximate surface area is 131 Å². The summed E-state index contributed by atoms with van der Waals surface area (Å²) in [5.41, 5.74) is 0. The van der Waals surface area contributed by atoms with Gasteiger partial charge in [0.25, 0.3) is 0 Å². The summed E-state index contributed by atoms with van der Waals surface area (Å²) in [6, 6.07) is 2.70. The molecule has 0 amide bonds. The molecule has 0 N–H and O–H groups in total. The van der Waals surface area contributed by atoms with E-state index in [1.165, 1.54) is 50.6 Å². The molecule has 122 valence electrons. The molecule has 0 spiro atoms. The lowest BCUT2D eigenvalue weighted by Gasteiger charge is -2.34. The van der Waals surface area contributed by atoms with Crippen molar-refractivity contribution < 1.29 is 8.23 Å². The van der Waals surface area contributed by atoms with Gasteiger partial charge in [-0.2, -0.15) is 0 Å². The lowest BCUT2D eigenvalue weighted by Crippen LogP contribution is -2.48. The molecule has 0 heterocycles. The summed E-state index contributed by atoms with van der Waals surface area (Å²) in [5, 5.41) is 0. The van der Waals surface area contributed by atoms with E-state index in [0.717, 1.165) is 0 Å². The average Bonchev–Trinajstić information content (AvgIpc) is 2.25. The maximum Gasteiger partial charge on any atom is 0.310 e. The zero-order chi connectivity index (χ0) is 15.6. The van der Waals surface area contributed by atoms with E-state index >= 15 is 0 Å². The predicted molar refractivity (Wildman–Crippen MR) is 98.8 cm³/mol. The van der Waals surface area contributed by atoms with Crippen LogP contribution in [-0.4, -0.2) is 25.9 Å². The molecule has 5 heteroatoms. The second-order valence-electron chi connectivity index (χ2n) is 7.35. The molecule has 0 aromatic heterocycles. The van der Waals surface area contributed by atoms with E-state index in [1.54, 1.807) is 0 Å². The van der Waals surface area contributed by atoms with Crippen LogP contribution in [0.3, 0.4) is 0 Å². The van der Waals surface area contributed by atoms with Gasteiger partial charge in [-0.15, -0.1) is 0 Å². The van der Waals surface area contributed by atoms with Crippen LogP contribution >= 0.6 is 0 Å². The number of rotatable bonds is 12. The first kappa shape index (κ1) is 20.6. The van der Waals surface area contributed by atoms with Crippen LogP contribution in [-0.2, 0) is 8.23 Å². The van der Waals surface area contributed by atoms with E-state index in [1.807, 2.05) is 0 Å². The molecular weight excluding hydrogens is 296 g/mol. The maximum absolute atomic E-state index is 6.60. The van der Waals surface area contributed by atoms with Crippen molar-refractivity contribution in [2.45, 2.75) is 97.2 Å². The Morgan fingerprint density at radius 1 is 0.750 bits per heavy atom. The highest BCUT2D eigenvalue weighted by atomic mass is 28.5. The van der Waals surface area contributed by atoms with Crippen molar-refractivity contribution >= 4 is 25.9 Å². The first-order valence-electron chi connectivity index (χ1n) is 8.58. The molecule has 0 radical (unpaired) electrons. The molecule has 0 atom stereocenters. The predicted octanol–water partition coefficient (Wildman–Crippen LogP) is 5.66. The van der Waals surface area contributed by atoms with Gasteiger partial charge in [0.05, 0.1) is 0 Å². The molecule has 0 saturated heterocycles. The molecule has 0 bridgehead atoms. The van der Waals surface area contributed by atoms with Gasteiger partial charge in [-0.3, -0.25) is 0 Å². The summed E-state index contributed by atoms with van der Waals surface area (Å²) in [4.78, 5) is 0. The molecule has 0 saturated carbocycles. The van der Waals surface area contributed by atoms with Crippen LogP contribution in [0.25, 0.3) is 0 Å². The minimum atomic E-state index is -1.90. The fourth-order valence-corrected chi connectivity index (χ4v) is 15.1. The molecule has 0 fully saturated rings. The topological polar surface area (TPSA) is 18.5 Å². The van der Waals surface area contributed by atoms with Crippen LogP contribution in [0.4, 0.5) is 0 Å². The van der Waals surface area contributed by atoms with Gasteiger partial charge >= 0.3 is 8.56 Å². The van der Waals surface area contributed by atoms with Gasteiger partial charge in [0.15, 0.2) is 17.4 Å². The second kappa shape index (κ2) is 10.3. The van der Waals surface area contributed by atoms with Gasteiger partial charge in [0.1, 0.15) is 0 Å². The largest absolute Gasteiger partial charge is 0.439 e. The number of hydrogen-bond acceptors (Lipinski definition) is 2. The Bertz CT molecular complexity index is 230. The maximum atomic E-state index is 6.60. The van der Waals surface area contributed by atoms with Crippen molar-refractivity contribution in [3.8, 4) is 0 Å². The smallest absolute Gasteiger partial charge is 0.310 e. The van der Waals surface area contributed by atoms with E-state index in [4.69, 9.17) is 8.23 Å². The van der Waals surface area contributed by atoms with Crippen LogP contribution in [0.5, 0.6) is 0 Å². The van der Waals surface area contributed by atoms with Crippen molar-refractivity contribution in [2.75, 3.05) is 0 Å². The third-order valence-corrected chi connectivity index (χ3v) is 13.4. The Kier molecular flexibility index (Phi) is 10.6. The normalized spacial score (nSPS) is 13.2. The zero-order valence-corrected chi connectivity index (χ0v) is 18.2. The fourth-order valence-electron chi connectivity index (χ4n) is 2.67. The minimum absolute atomic E-state index is 1.05. The number of unbranched alkanes of at least 4 members (excludes halogenated alkanes) is 4. The zero-order valence-electron chi connectivity index (χ0n) is 15.1. The number of hydrogen-bond donors (Lipinski definition) is 0. The van der Waals surface area contributed by atoms with Gasteiger partial charge in [-0.1, -0.05) is 52.4 Å². The minimum Gasteiger partial charge on any atom is -0.439 e. The summed E-state index contributed by atoms with van der Waals surface area (Å²) < 4.78 is 13.0. The quantitative estimate of drug-likeness (QED) is 0.338. The fraction of sp³-hybridized carbons (Fsp3) is 1.00. The Morgan fingerprint density at radius 2 is 1.20 bits per heavy atom. The highest BCUT2D eigenvalue weighted by Crippen LogP contribution is 2.21. The first-order valence-corrected chi connectivity index (χ1v) is 16.9. The van der Waals surface area contributed by atoms with Gasteiger partial charge < -0.3 is 8.23 Å². The summed E-state index contributed by atoms with van der Waals surface area (Å²) in [6.07, 6.45) is 8.05. The molecule has 0 aliphatic heterocycles. The van der Waals surface area contributed by atoms with Crippen LogP contribution in [0.2, 0.25) is 44.8 Å². The standard InChI is InChI=1S/C15H38O2Si3/c1-8-10-12-14-18(15-13-11-9-2)16-20(6,7)17-19(3,4)5/h18H,8-15H2,1-7H3. The second-order valence-corrected chi connectivity index (χ2v) is 18.5. The Balaban J connectivity index is 4.35. The lowest BCUT2D eigenvalue weighted by atomic mass is 10.3. The molecule has 0 aliphatic rings. The summed E-state index contributed by atoms with van der Waals surface area (Å²) >= 11 is 0. The molecule has 0 aliphatic carbocycles. The monoisotopic (exact) mass is 334 g/mol. The van der Waals surface area contributed by atoms with Crippen LogP contribution in [0.15, 0.2) is 0 Å². The third-order valence-electron chi connectivity index (χ3n) is 3.26. The Hall–Kier alpha value is 0.571. The average molecular weight is 335 g/mol. The van der Waals surface area contributed by atoms with Crippen LogP contribution in [0.1, 0.15) is 52.4 Å². The SMILES string of the molecule is CCCCC[SiH](CCCCC)O[Si](C)(C)O[Si](C)(C)C. The highest BCUT2D eigenvalue weighted by molar-refractivity contribution is 6.84. The van der Waals surface area contributed by atoms with Gasteiger partial charge in [-0.25, -0.2) is 0 Å². The third kappa shape index (κ3) is 12.3. The molecule has 0 aromatic carbocycles. The molecule has 2 nitrogen and oxygen atoms in total. The van der Waals surface area contributed by atoms with Crippen LogP contribution < -0.4 is 0 Å². The highest BCUT2D eigenvalue weighted by Gasteiger charge is 2.33. The van der Waals surface area contributed by atoms with E-state index in [0.29, 0.717) is 0 Å². The van der Waals surface area contributed by atoms with E-state index in [2.05, 4.69) is 46.6 Å². The molecule has 0 unspecified atom stereocenters. The van der Waals surface area contributed by atoms with Crippen molar-refractivity contribution in [1.29, 1.82) is 0 Å². The van der Waals surface area contributed by atoms with E-state index in [-0.39, 0.29) is 0 Å². The molecule has 0 aromatic rings. The summed E-state index contributed by atoms with van der Waals surface area (Å²) in [6.45, 7) is 15.9. The summed E-state index contributed by atoms with van der Waals surface area (Å²) in [5.74, 6) is 0. The van der Waals surface area contributed by atoms with E-state index < -0.39 is 25.9 Å². The van der Waals surface area contributed by atoms with Crippen molar-refractivity contribution in [3.63, 3.8) is 0 Å². The van der Waals surface area contributed by atoms with Crippen molar-refractivity contribution in [3.05, 3.63) is 0 Å². The molecule has 0 rings (SSSR count).